The Balaban J connectivity index is 2.10. The maximum absolute atomic E-state index is 11.9. The Hall–Kier alpha value is -2.37. The second-order valence-electron chi connectivity index (χ2n) is 4.77. The number of benzene rings is 1. The topological polar surface area (TPSA) is 70.4 Å². The highest BCUT2D eigenvalue weighted by molar-refractivity contribution is 5.94. The summed E-state index contributed by atoms with van der Waals surface area (Å²) in [5, 5.41) is 0. The van der Waals surface area contributed by atoms with E-state index in [1.54, 1.807) is 20.2 Å². The minimum absolute atomic E-state index is 0.239. The fourth-order valence-corrected chi connectivity index (χ4v) is 2.27. The lowest BCUT2D eigenvalue weighted by Crippen LogP contribution is -2.29. The van der Waals surface area contributed by atoms with Gasteiger partial charge in [-0.1, -0.05) is 12.1 Å². The van der Waals surface area contributed by atoms with Crippen molar-refractivity contribution >= 4 is 23.0 Å². The number of aromatic nitrogens is 2. The molecule has 0 saturated heterocycles. The number of hydrogen-bond donors (Lipinski definition) is 0. The Morgan fingerprint density at radius 3 is 2.41 bits per heavy atom. The number of rotatable bonds is 7. The lowest BCUT2D eigenvalue weighted by atomic mass is 10.1. The van der Waals surface area contributed by atoms with Crippen molar-refractivity contribution in [1.82, 2.24) is 9.55 Å². The van der Waals surface area contributed by atoms with Crippen LogP contribution in [0.2, 0.25) is 0 Å². The number of hydrogen-bond acceptors (Lipinski definition) is 5. The molecule has 0 aliphatic rings. The van der Waals surface area contributed by atoms with Gasteiger partial charge in [0.25, 0.3) is 0 Å². The third kappa shape index (κ3) is 3.63. The third-order valence-electron chi connectivity index (χ3n) is 3.33. The van der Waals surface area contributed by atoms with Crippen molar-refractivity contribution in [3.8, 4) is 0 Å². The molecule has 0 aliphatic carbocycles. The third-order valence-corrected chi connectivity index (χ3v) is 3.33. The molecule has 0 amide bonds. The van der Waals surface area contributed by atoms with Crippen LogP contribution in [0.4, 0.5) is 0 Å². The van der Waals surface area contributed by atoms with Gasteiger partial charge in [-0.2, -0.15) is 0 Å². The van der Waals surface area contributed by atoms with E-state index < -0.39 is 17.9 Å². The molecule has 6 heteroatoms. The van der Waals surface area contributed by atoms with Crippen molar-refractivity contribution in [2.24, 2.45) is 5.92 Å². The number of fused-ring (bicyclic) bond motifs is 1. The van der Waals surface area contributed by atoms with Gasteiger partial charge in [0.2, 0.25) is 0 Å². The van der Waals surface area contributed by atoms with Crippen LogP contribution in [-0.4, -0.2) is 34.7 Å². The number of carbonyl (C=O) groups is 2. The highest BCUT2D eigenvalue weighted by atomic mass is 16.6. The lowest BCUT2D eigenvalue weighted by molar-refractivity contribution is -0.162. The van der Waals surface area contributed by atoms with Crippen LogP contribution in [0.1, 0.15) is 20.3 Å². The van der Waals surface area contributed by atoms with Crippen molar-refractivity contribution in [3.63, 3.8) is 0 Å². The highest BCUT2D eigenvalue weighted by Crippen LogP contribution is 2.16. The Bertz CT molecular complexity index is 632. The molecule has 0 unspecified atom stereocenters. The van der Waals surface area contributed by atoms with Crippen molar-refractivity contribution < 1.29 is 19.1 Å². The summed E-state index contributed by atoms with van der Waals surface area (Å²) >= 11 is 0. The standard InChI is InChI=1S/C16H20N2O4/c1-3-21-15(19)12(16(20)22-4-2)9-10-18-11-17-13-7-5-6-8-14(13)18/h5-8,11-12H,3-4,9-10H2,1-2H3. The van der Waals surface area contributed by atoms with Crippen LogP contribution in [0, 0.1) is 5.92 Å². The molecule has 0 spiro atoms. The average molecular weight is 304 g/mol. The second kappa shape index (κ2) is 7.59. The summed E-state index contributed by atoms with van der Waals surface area (Å²) in [5.74, 6) is -1.98. The number of esters is 2. The van der Waals surface area contributed by atoms with Gasteiger partial charge in [0, 0.05) is 6.54 Å². The summed E-state index contributed by atoms with van der Waals surface area (Å²) in [6.45, 7) is 4.39. The molecule has 0 radical (unpaired) electrons. The van der Waals surface area contributed by atoms with Crippen LogP contribution in [0.15, 0.2) is 30.6 Å². The molecule has 0 aliphatic heterocycles. The molecule has 0 N–H and O–H groups in total. The normalized spacial score (nSPS) is 10.9. The molecule has 2 rings (SSSR count). The predicted molar refractivity (Wildman–Crippen MR) is 81.1 cm³/mol. The molecule has 1 aromatic heterocycles. The quantitative estimate of drug-likeness (QED) is 0.579. The average Bonchev–Trinajstić information content (AvgIpc) is 2.91. The minimum Gasteiger partial charge on any atom is -0.465 e. The largest absolute Gasteiger partial charge is 0.465 e. The monoisotopic (exact) mass is 304 g/mol. The molecular formula is C16H20N2O4. The van der Waals surface area contributed by atoms with E-state index in [-0.39, 0.29) is 13.2 Å². The van der Waals surface area contributed by atoms with Gasteiger partial charge < -0.3 is 14.0 Å². The van der Waals surface area contributed by atoms with E-state index in [0.717, 1.165) is 11.0 Å². The number of para-hydroxylation sites is 2. The number of nitrogens with zero attached hydrogens (tertiary/aromatic N) is 2. The summed E-state index contributed by atoms with van der Waals surface area (Å²) < 4.78 is 11.8. The zero-order chi connectivity index (χ0) is 15.9. The van der Waals surface area contributed by atoms with Crippen LogP contribution in [0.25, 0.3) is 11.0 Å². The van der Waals surface area contributed by atoms with E-state index in [1.165, 1.54) is 0 Å². The van der Waals surface area contributed by atoms with E-state index in [4.69, 9.17) is 9.47 Å². The van der Waals surface area contributed by atoms with Gasteiger partial charge in [-0.15, -0.1) is 0 Å². The Kier molecular flexibility index (Phi) is 5.52. The van der Waals surface area contributed by atoms with Crippen LogP contribution >= 0.6 is 0 Å². The van der Waals surface area contributed by atoms with Crippen molar-refractivity contribution in [2.75, 3.05) is 13.2 Å². The first-order valence-electron chi connectivity index (χ1n) is 7.40. The summed E-state index contributed by atoms with van der Waals surface area (Å²) in [7, 11) is 0. The fourth-order valence-electron chi connectivity index (χ4n) is 2.27. The van der Waals surface area contributed by atoms with Crippen LogP contribution in [0.3, 0.4) is 0 Å². The first-order valence-corrected chi connectivity index (χ1v) is 7.40. The van der Waals surface area contributed by atoms with Gasteiger partial charge in [0.1, 0.15) is 0 Å². The molecule has 118 valence electrons. The fraction of sp³-hybridized carbons (Fsp3) is 0.438. The SMILES string of the molecule is CCOC(=O)C(CCn1cnc2ccccc21)C(=O)OCC. The Morgan fingerprint density at radius 2 is 1.77 bits per heavy atom. The van der Waals surface area contributed by atoms with Gasteiger partial charge in [-0.3, -0.25) is 9.59 Å². The van der Waals surface area contributed by atoms with Crippen molar-refractivity contribution in [1.29, 1.82) is 0 Å². The van der Waals surface area contributed by atoms with E-state index in [2.05, 4.69) is 4.98 Å². The van der Waals surface area contributed by atoms with Crippen molar-refractivity contribution in [3.05, 3.63) is 30.6 Å². The molecule has 0 fully saturated rings. The van der Waals surface area contributed by atoms with Crippen LogP contribution in [0.5, 0.6) is 0 Å². The predicted octanol–water partition coefficient (Wildman–Crippen LogP) is 2.17. The summed E-state index contributed by atoms with van der Waals surface area (Å²) in [6.07, 6.45) is 2.02. The van der Waals surface area contributed by atoms with E-state index in [1.807, 2.05) is 28.8 Å². The Morgan fingerprint density at radius 1 is 1.14 bits per heavy atom. The first-order chi connectivity index (χ1) is 10.7. The molecule has 1 aromatic carbocycles. The molecule has 0 saturated carbocycles. The number of ether oxygens (including phenoxy) is 2. The van der Waals surface area contributed by atoms with E-state index in [9.17, 15) is 9.59 Å². The van der Waals surface area contributed by atoms with E-state index in [0.29, 0.717) is 13.0 Å². The molecule has 6 nitrogen and oxygen atoms in total. The number of carbonyl (C=O) groups excluding carboxylic acids is 2. The molecule has 22 heavy (non-hydrogen) atoms. The molecule has 2 aromatic rings. The maximum Gasteiger partial charge on any atom is 0.320 e. The zero-order valence-corrected chi connectivity index (χ0v) is 12.8. The van der Waals surface area contributed by atoms with E-state index >= 15 is 0 Å². The molecule has 1 heterocycles. The van der Waals surface area contributed by atoms with Gasteiger partial charge in [0.15, 0.2) is 5.92 Å². The smallest absolute Gasteiger partial charge is 0.320 e. The molecular weight excluding hydrogens is 284 g/mol. The second-order valence-corrected chi connectivity index (χ2v) is 4.77. The lowest BCUT2D eigenvalue weighted by Gasteiger charge is -2.14. The van der Waals surface area contributed by atoms with Gasteiger partial charge in [0.05, 0.1) is 30.6 Å². The summed E-state index contributed by atoms with van der Waals surface area (Å²) in [5.41, 5.74) is 1.85. The number of aryl methyl sites for hydroxylation is 1. The molecule has 0 bridgehead atoms. The maximum atomic E-state index is 11.9. The zero-order valence-electron chi connectivity index (χ0n) is 12.8. The van der Waals surface area contributed by atoms with Crippen molar-refractivity contribution in [2.45, 2.75) is 26.8 Å². The Labute approximate surface area is 129 Å². The van der Waals surface area contributed by atoms with Gasteiger partial charge in [-0.25, -0.2) is 4.98 Å². The summed E-state index contributed by atoms with van der Waals surface area (Å²) in [6, 6.07) is 7.71. The first kappa shape index (κ1) is 16.0. The number of imidazole rings is 1. The van der Waals surface area contributed by atoms with Crippen LogP contribution < -0.4 is 0 Å². The van der Waals surface area contributed by atoms with Gasteiger partial charge in [-0.05, 0) is 32.4 Å². The molecule has 0 atom stereocenters. The highest BCUT2D eigenvalue weighted by Gasteiger charge is 2.29. The summed E-state index contributed by atoms with van der Waals surface area (Å²) in [4.78, 5) is 28.2. The van der Waals surface area contributed by atoms with Crippen LogP contribution in [-0.2, 0) is 25.6 Å². The van der Waals surface area contributed by atoms with Gasteiger partial charge >= 0.3 is 11.9 Å². The minimum atomic E-state index is -0.902.